The highest BCUT2D eigenvalue weighted by molar-refractivity contribution is 9.10. The molecule has 16 heavy (non-hydrogen) atoms. The van der Waals surface area contributed by atoms with Gasteiger partial charge in [-0.05, 0) is 24.4 Å². The Morgan fingerprint density at radius 1 is 1.38 bits per heavy atom. The molecule has 1 aromatic carbocycles. The number of fused-ring (bicyclic) bond motifs is 1. The lowest BCUT2D eigenvalue weighted by Crippen LogP contribution is -2.23. The van der Waals surface area contributed by atoms with Crippen LogP contribution in [0.4, 0.5) is 0 Å². The molecule has 0 unspecified atom stereocenters. The van der Waals surface area contributed by atoms with Gasteiger partial charge in [0.05, 0.1) is 0 Å². The SMILES string of the molecule is CCNC(=O)c1nccc2c(Br)cccc12. The second-order valence-corrected chi connectivity index (χ2v) is 4.21. The zero-order valence-electron chi connectivity index (χ0n) is 8.83. The van der Waals surface area contributed by atoms with E-state index >= 15 is 0 Å². The van der Waals surface area contributed by atoms with Gasteiger partial charge < -0.3 is 5.32 Å². The minimum Gasteiger partial charge on any atom is -0.351 e. The molecule has 0 spiro atoms. The molecule has 2 aromatic rings. The van der Waals surface area contributed by atoms with Crippen LogP contribution in [-0.4, -0.2) is 17.4 Å². The van der Waals surface area contributed by atoms with Gasteiger partial charge in [0.25, 0.3) is 5.91 Å². The minimum atomic E-state index is -0.133. The van der Waals surface area contributed by atoms with Crippen LogP contribution in [0.25, 0.3) is 10.8 Å². The van der Waals surface area contributed by atoms with E-state index in [1.807, 2.05) is 31.2 Å². The van der Waals surface area contributed by atoms with Crippen LogP contribution in [0, 0.1) is 0 Å². The van der Waals surface area contributed by atoms with Gasteiger partial charge in [-0.1, -0.05) is 28.1 Å². The van der Waals surface area contributed by atoms with Crippen LogP contribution in [0.3, 0.4) is 0 Å². The first-order valence-electron chi connectivity index (χ1n) is 5.05. The first-order valence-corrected chi connectivity index (χ1v) is 5.84. The largest absolute Gasteiger partial charge is 0.351 e. The maximum atomic E-state index is 11.8. The molecule has 1 aromatic heterocycles. The van der Waals surface area contributed by atoms with E-state index < -0.39 is 0 Å². The van der Waals surface area contributed by atoms with Gasteiger partial charge in [0.1, 0.15) is 5.69 Å². The number of benzene rings is 1. The molecule has 4 heteroatoms. The van der Waals surface area contributed by atoms with Crippen molar-refractivity contribution in [3.05, 3.63) is 40.6 Å². The Kier molecular flexibility index (Phi) is 3.19. The monoisotopic (exact) mass is 278 g/mol. The van der Waals surface area contributed by atoms with Gasteiger partial charge in [-0.25, -0.2) is 0 Å². The molecule has 0 aliphatic carbocycles. The van der Waals surface area contributed by atoms with E-state index in [2.05, 4.69) is 26.2 Å². The molecule has 1 amide bonds. The summed E-state index contributed by atoms with van der Waals surface area (Å²) in [4.78, 5) is 15.9. The van der Waals surface area contributed by atoms with Crippen molar-refractivity contribution in [3.8, 4) is 0 Å². The fourth-order valence-corrected chi connectivity index (χ4v) is 2.09. The van der Waals surface area contributed by atoms with Crippen molar-refractivity contribution >= 4 is 32.6 Å². The van der Waals surface area contributed by atoms with Crippen LogP contribution in [0.15, 0.2) is 34.9 Å². The van der Waals surface area contributed by atoms with Gasteiger partial charge in [0.15, 0.2) is 0 Å². The Morgan fingerprint density at radius 2 is 2.19 bits per heavy atom. The highest BCUT2D eigenvalue weighted by Gasteiger charge is 2.11. The molecule has 0 saturated heterocycles. The van der Waals surface area contributed by atoms with E-state index in [-0.39, 0.29) is 5.91 Å². The number of amides is 1. The van der Waals surface area contributed by atoms with Gasteiger partial charge in [0, 0.05) is 22.6 Å². The van der Waals surface area contributed by atoms with Crippen molar-refractivity contribution in [1.29, 1.82) is 0 Å². The number of carbonyl (C=O) groups excluding carboxylic acids is 1. The fourth-order valence-electron chi connectivity index (χ4n) is 1.59. The molecule has 0 fully saturated rings. The first-order chi connectivity index (χ1) is 7.74. The third-order valence-electron chi connectivity index (χ3n) is 2.31. The molecule has 0 aliphatic heterocycles. The van der Waals surface area contributed by atoms with Crippen LogP contribution in [-0.2, 0) is 0 Å². The molecule has 3 nitrogen and oxygen atoms in total. The number of nitrogens with one attached hydrogen (secondary N) is 1. The summed E-state index contributed by atoms with van der Waals surface area (Å²) in [6.45, 7) is 2.49. The second-order valence-electron chi connectivity index (χ2n) is 3.35. The lowest BCUT2D eigenvalue weighted by atomic mass is 10.1. The first kappa shape index (κ1) is 11.1. The number of rotatable bonds is 2. The Labute approximate surface area is 102 Å². The highest BCUT2D eigenvalue weighted by Crippen LogP contribution is 2.24. The van der Waals surface area contributed by atoms with Crippen molar-refractivity contribution in [2.24, 2.45) is 0 Å². The predicted molar refractivity (Wildman–Crippen MR) is 67.5 cm³/mol. The Bertz CT molecular complexity index is 540. The molecular formula is C12H11BrN2O. The Hall–Kier alpha value is -1.42. The van der Waals surface area contributed by atoms with Crippen molar-refractivity contribution in [3.63, 3.8) is 0 Å². The summed E-state index contributed by atoms with van der Waals surface area (Å²) in [7, 11) is 0. The van der Waals surface area contributed by atoms with Crippen molar-refractivity contribution in [2.45, 2.75) is 6.92 Å². The van der Waals surface area contributed by atoms with E-state index in [1.165, 1.54) is 0 Å². The average Bonchev–Trinajstić information content (AvgIpc) is 2.29. The lowest BCUT2D eigenvalue weighted by Gasteiger charge is -2.06. The molecule has 2 rings (SSSR count). The van der Waals surface area contributed by atoms with Gasteiger partial charge >= 0.3 is 0 Å². The number of hydrogen-bond donors (Lipinski definition) is 1. The summed E-state index contributed by atoms with van der Waals surface area (Å²) < 4.78 is 0.970. The molecular weight excluding hydrogens is 268 g/mol. The standard InChI is InChI=1S/C12H11BrN2O/c1-2-14-12(16)11-9-4-3-5-10(13)8(9)6-7-15-11/h3-7H,2H2,1H3,(H,14,16). The van der Waals surface area contributed by atoms with Gasteiger partial charge in [0.2, 0.25) is 0 Å². The van der Waals surface area contributed by atoms with Crippen molar-refractivity contribution in [1.82, 2.24) is 10.3 Å². The number of pyridine rings is 1. The fraction of sp³-hybridized carbons (Fsp3) is 0.167. The predicted octanol–water partition coefficient (Wildman–Crippen LogP) is 2.75. The zero-order chi connectivity index (χ0) is 11.5. The zero-order valence-corrected chi connectivity index (χ0v) is 10.4. The maximum absolute atomic E-state index is 11.8. The normalized spacial score (nSPS) is 10.4. The lowest BCUT2D eigenvalue weighted by molar-refractivity contribution is 0.0952. The molecule has 0 atom stereocenters. The summed E-state index contributed by atoms with van der Waals surface area (Å²) in [6, 6.07) is 7.64. The van der Waals surface area contributed by atoms with E-state index in [0.29, 0.717) is 12.2 Å². The van der Waals surface area contributed by atoms with Crippen molar-refractivity contribution < 1.29 is 4.79 Å². The van der Waals surface area contributed by atoms with E-state index in [9.17, 15) is 4.79 Å². The molecule has 0 saturated carbocycles. The van der Waals surface area contributed by atoms with Crippen LogP contribution in [0.1, 0.15) is 17.4 Å². The van der Waals surface area contributed by atoms with Crippen LogP contribution in [0.5, 0.6) is 0 Å². The molecule has 0 aliphatic rings. The third kappa shape index (κ3) is 1.93. The van der Waals surface area contributed by atoms with Gasteiger partial charge in [-0.15, -0.1) is 0 Å². The van der Waals surface area contributed by atoms with Crippen LogP contribution >= 0.6 is 15.9 Å². The third-order valence-corrected chi connectivity index (χ3v) is 3.00. The highest BCUT2D eigenvalue weighted by atomic mass is 79.9. The quantitative estimate of drug-likeness (QED) is 0.918. The van der Waals surface area contributed by atoms with Gasteiger partial charge in [-0.3, -0.25) is 9.78 Å². The van der Waals surface area contributed by atoms with Gasteiger partial charge in [-0.2, -0.15) is 0 Å². The summed E-state index contributed by atoms with van der Waals surface area (Å²) in [5, 5.41) is 4.62. The van der Waals surface area contributed by atoms with E-state index in [0.717, 1.165) is 15.2 Å². The second kappa shape index (κ2) is 4.61. The van der Waals surface area contributed by atoms with Crippen LogP contribution < -0.4 is 5.32 Å². The molecule has 0 radical (unpaired) electrons. The molecule has 82 valence electrons. The van der Waals surface area contributed by atoms with E-state index in [4.69, 9.17) is 0 Å². The smallest absolute Gasteiger partial charge is 0.270 e. The van der Waals surface area contributed by atoms with Crippen molar-refractivity contribution in [2.75, 3.05) is 6.54 Å². The number of carbonyl (C=O) groups is 1. The summed E-state index contributed by atoms with van der Waals surface area (Å²) in [6.07, 6.45) is 1.65. The maximum Gasteiger partial charge on any atom is 0.270 e. The number of halogens is 1. The molecule has 0 bridgehead atoms. The number of nitrogens with zero attached hydrogens (tertiary/aromatic N) is 1. The summed E-state index contributed by atoms with van der Waals surface area (Å²) >= 11 is 3.46. The molecule has 1 heterocycles. The number of aromatic nitrogens is 1. The molecule has 1 N–H and O–H groups in total. The Morgan fingerprint density at radius 3 is 2.94 bits per heavy atom. The topological polar surface area (TPSA) is 42.0 Å². The summed E-state index contributed by atoms with van der Waals surface area (Å²) in [5.41, 5.74) is 0.473. The summed E-state index contributed by atoms with van der Waals surface area (Å²) in [5.74, 6) is -0.133. The average molecular weight is 279 g/mol. The van der Waals surface area contributed by atoms with E-state index in [1.54, 1.807) is 6.20 Å². The number of hydrogen-bond acceptors (Lipinski definition) is 2. The Balaban J connectivity index is 2.62. The van der Waals surface area contributed by atoms with Crippen LogP contribution in [0.2, 0.25) is 0 Å². The minimum absolute atomic E-state index is 0.133.